The highest BCUT2D eigenvalue weighted by Crippen LogP contribution is 2.22. The molecule has 1 aromatic carbocycles. The highest BCUT2D eigenvalue weighted by molar-refractivity contribution is 7.09. The van der Waals surface area contributed by atoms with Crippen LogP contribution in [0.2, 0.25) is 0 Å². The minimum Gasteiger partial charge on any atom is -0.369 e. The second kappa shape index (κ2) is 10.9. The maximum Gasteiger partial charge on any atom is 0.248 e. The van der Waals surface area contributed by atoms with Gasteiger partial charge in [-0.2, -0.15) is 0 Å². The zero-order valence-electron chi connectivity index (χ0n) is 16.5. The van der Waals surface area contributed by atoms with Crippen LogP contribution in [0, 0.1) is 5.92 Å². The molecule has 0 radical (unpaired) electrons. The summed E-state index contributed by atoms with van der Waals surface area (Å²) >= 11 is 1.45. The summed E-state index contributed by atoms with van der Waals surface area (Å²) in [6.45, 7) is 0.367. The first kappa shape index (κ1) is 22.0. The fourth-order valence-corrected chi connectivity index (χ4v) is 4.03. The number of nitrogens with zero attached hydrogens (tertiary/aromatic N) is 2. The third kappa shape index (κ3) is 5.93. The Balaban J connectivity index is 1.49. The Morgan fingerprint density at radius 2 is 2.13 bits per heavy atom. The molecule has 0 bridgehead atoms. The number of likely N-dealkylation sites (tertiary alicyclic amines) is 1. The van der Waals surface area contributed by atoms with Crippen molar-refractivity contribution in [3.05, 3.63) is 40.2 Å². The van der Waals surface area contributed by atoms with Crippen LogP contribution < -0.4 is 5.32 Å². The Bertz CT molecular complexity index is 871. The predicted octanol–water partition coefficient (Wildman–Crippen LogP) is 2.46. The lowest BCUT2D eigenvalue weighted by atomic mass is 9.97. The summed E-state index contributed by atoms with van der Waals surface area (Å²) in [5.41, 5.74) is 2.31. The molecule has 3 rings (SSSR count). The number of aldehydes is 1. The number of carbonyl (C=O) groups is 3. The van der Waals surface area contributed by atoms with Crippen molar-refractivity contribution in [2.75, 3.05) is 33.0 Å². The van der Waals surface area contributed by atoms with Crippen LogP contribution in [0.3, 0.4) is 0 Å². The summed E-state index contributed by atoms with van der Waals surface area (Å²) in [7, 11) is 0. The fraction of sp³-hybridized carbons (Fsp3) is 0.429. The number of benzene rings is 1. The standard InChI is InChI=1S/C21H24FN3O4S/c22-7-9-29-13-20(27)25-8-1-2-17(11-25)21(28)23-10-19-24-18(14-30-19)16-5-3-15(12-26)4-6-16/h3-6,12,14,17H,1-2,7-11,13H2,(H,23,28)/t17-/m0/s1. The van der Waals surface area contributed by atoms with E-state index in [9.17, 15) is 18.8 Å². The summed E-state index contributed by atoms with van der Waals surface area (Å²) in [5.74, 6) is -0.602. The number of nitrogens with one attached hydrogen (secondary N) is 1. The van der Waals surface area contributed by atoms with Crippen molar-refractivity contribution < 1.29 is 23.5 Å². The Hall–Kier alpha value is -2.65. The molecular weight excluding hydrogens is 409 g/mol. The number of alkyl halides is 1. The lowest BCUT2D eigenvalue weighted by Crippen LogP contribution is -2.46. The van der Waals surface area contributed by atoms with Gasteiger partial charge in [0.1, 0.15) is 24.6 Å². The Kier molecular flexibility index (Phi) is 8.04. The van der Waals surface area contributed by atoms with Crippen molar-refractivity contribution in [2.24, 2.45) is 5.92 Å². The number of hydrogen-bond donors (Lipinski definition) is 1. The summed E-state index contributed by atoms with van der Waals surface area (Å²) in [6.07, 6.45) is 2.25. The van der Waals surface area contributed by atoms with Gasteiger partial charge < -0.3 is 15.0 Å². The van der Waals surface area contributed by atoms with Crippen LogP contribution in [-0.4, -0.2) is 61.0 Å². The first-order valence-electron chi connectivity index (χ1n) is 9.80. The molecule has 30 heavy (non-hydrogen) atoms. The van der Waals surface area contributed by atoms with E-state index in [0.29, 0.717) is 31.6 Å². The maximum atomic E-state index is 12.6. The minimum absolute atomic E-state index is 0.0967. The molecule has 1 atom stereocenters. The summed E-state index contributed by atoms with van der Waals surface area (Å²) < 4.78 is 17.0. The van der Waals surface area contributed by atoms with Crippen LogP contribution in [0.1, 0.15) is 28.2 Å². The van der Waals surface area contributed by atoms with E-state index in [4.69, 9.17) is 4.74 Å². The number of amides is 2. The largest absolute Gasteiger partial charge is 0.369 e. The van der Waals surface area contributed by atoms with E-state index in [1.54, 1.807) is 17.0 Å². The summed E-state index contributed by atoms with van der Waals surface area (Å²) in [6, 6.07) is 7.15. The second-order valence-corrected chi connectivity index (χ2v) is 7.95. The van der Waals surface area contributed by atoms with E-state index < -0.39 is 6.67 Å². The van der Waals surface area contributed by atoms with Gasteiger partial charge in [-0.05, 0) is 12.8 Å². The van der Waals surface area contributed by atoms with E-state index in [0.717, 1.165) is 29.0 Å². The molecule has 1 aliphatic heterocycles. The zero-order valence-corrected chi connectivity index (χ0v) is 17.3. The average molecular weight is 434 g/mol. The van der Waals surface area contributed by atoms with Gasteiger partial charge in [0.25, 0.3) is 0 Å². The van der Waals surface area contributed by atoms with Crippen molar-refractivity contribution in [2.45, 2.75) is 19.4 Å². The monoisotopic (exact) mass is 433 g/mol. The van der Waals surface area contributed by atoms with Crippen LogP contribution in [0.5, 0.6) is 0 Å². The number of aromatic nitrogens is 1. The van der Waals surface area contributed by atoms with Crippen LogP contribution in [0.25, 0.3) is 11.3 Å². The number of thiazole rings is 1. The Labute approximate surface area is 178 Å². The van der Waals surface area contributed by atoms with Crippen molar-refractivity contribution in [3.8, 4) is 11.3 Å². The molecule has 0 spiro atoms. The van der Waals surface area contributed by atoms with Gasteiger partial charge in [0.15, 0.2) is 0 Å². The van der Waals surface area contributed by atoms with E-state index >= 15 is 0 Å². The van der Waals surface area contributed by atoms with Crippen LogP contribution in [0.4, 0.5) is 4.39 Å². The molecule has 1 saturated heterocycles. The zero-order chi connectivity index (χ0) is 21.3. The number of ether oxygens (including phenoxy) is 1. The van der Waals surface area contributed by atoms with Gasteiger partial charge >= 0.3 is 0 Å². The van der Waals surface area contributed by atoms with E-state index in [1.165, 1.54) is 11.3 Å². The number of hydrogen-bond acceptors (Lipinski definition) is 6. The van der Waals surface area contributed by atoms with Crippen LogP contribution in [0.15, 0.2) is 29.6 Å². The van der Waals surface area contributed by atoms with Gasteiger partial charge in [0, 0.05) is 29.6 Å². The molecule has 1 aliphatic rings. The predicted molar refractivity (Wildman–Crippen MR) is 111 cm³/mol. The third-order valence-corrected chi connectivity index (χ3v) is 5.75. The van der Waals surface area contributed by atoms with E-state index in [-0.39, 0.29) is 30.9 Å². The number of piperidine rings is 1. The van der Waals surface area contributed by atoms with Crippen LogP contribution >= 0.6 is 11.3 Å². The molecule has 0 unspecified atom stereocenters. The number of rotatable bonds is 9. The highest BCUT2D eigenvalue weighted by Gasteiger charge is 2.28. The number of carbonyl (C=O) groups excluding carboxylic acids is 3. The first-order valence-corrected chi connectivity index (χ1v) is 10.7. The molecule has 0 aliphatic carbocycles. The van der Waals surface area contributed by atoms with E-state index in [1.807, 2.05) is 17.5 Å². The SMILES string of the molecule is O=Cc1ccc(-c2csc(CNC(=O)[C@H]3CCCN(C(=O)COCCF)C3)n2)cc1. The van der Waals surface area contributed by atoms with Crippen molar-refractivity contribution >= 4 is 29.4 Å². The minimum atomic E-state index is -0.624. The molecule has 7 nitrogen and oxygen atoms in total. The smallest absolute Gasteiger partial charge is 0.248 e. The van der Waals surface area contributed by atoms with Crippen molar-refractivity contribution in [1.82, 2.24) is 15.2 Å². The van der Waals surface area contributed by atoms with Gasteiger partial charge in [-0.15, -0.1) is 11.3 Å². The topological polar surface area (TPSA) is 88.6 Å². The molecule has 0 saturated carbocycles. The molecule has 160 valence electrons. The normalized spacial score (nSPS) is 16.3. The van der Waals surface area contributed by atoms with Gasteiger partial charge in [-0.3, -0.25) is 14.4 Å². The quantitative estimate of drug-likeness (QED) is 0.485. The average Bonchev–Trinajstić information content (AvgIpc) is 3.27. The van der Waals surface area contributed by atoms with E-state index in [2.05, 4.69) is 10.3 Å². The Morgan fingerprint density at radius 1 is 1.33 bits per heavy atom. The lowest BCUT2D eigenvalue weighted by molar-refractivity contribution is -0.139. The number of halogens is 1. The summed E-state index contributed by atoms with van der Waals surface area (Å²) in [4.78, 5) is 41.6. The lowest BCUT2D eigenvalue weighted by Gasteiger charge is -2.32. The molecular formula is C21H24FN3O4S. The van der Waals surface area contributed by atoms with Gasteiger partial charge in [-0.1, -0.05) is 24.3 Å². The van der Waals surface area contributed by atoms with Gasteiger partial charge in [0.05, 0.1) is 24.8 Å². The third-order valence-electron chi connectivity index (χ3n) is 4.90. The molecule has 1 fully saturated rings. The highest BCUT2D eigenvalue weighted by atomic mass is 32.1. The van der Waals surface area contributed by atoms with Crippen molar-refractivity contribution in [1.29, 1.82) is 0 Å². The molecule has 1 N–H and O–H groups in total. The fourth-order valence-electron chi connectivity index (χ4n) is 3.29. The Morgan fingerprint density at radius 3 is 2.87 bits per heavy atom. The second-order valence-electron chi connectivity index (χ2n) is 7.00. The molecule has 2 aromatic rings. The van der Waals surface area contributed by atoms with Gasteiger partial charge in [0.2, 0.25) is 11.8 Å². The summed E-state index contributed by atoms with van der Waals surface area (Å²) in [5, 5.41) is 5.60. The van der Waals surface area contributed by atoms with Gasteiger partial charge in [-0.25, -0.2) is 9.37 Å². The molecule has 2 heterocycles. The first-order chi connectivity index (χ1) is 14.6. The molecule has 9 heteroatoms. The van der Waals surface area contributed by atoms with Crippen LogP contribution in [-0.2, 0) is 20.9 Å². The molecule has 1 aromatic heterocycles. The molecule has 2 amide bonds. The maximum absolute atomic E-state index is 12.6. The van der Waals surface area contributed by atoms with Crippen molar-refractivity contribution in [3.63, 3.8) is 0 Å².